The van der Waals surface area contributed by atoms with Crippen LogP contribution in [0.3, 0.4) is 0 Å². The average Bonchev–Trinajstić information content (AvgIpc) is 2.74. The van der Waals surface area contributed by atoms with Gasteiger partial charge in [0.05, 0.1) is 0 Å². The van der Waals surface area contributed by atoms with E-state index >= 15 is 0 Å². The average molecular weight is 333 g/mol. The van der Waals surface area contributed by atoms with Gasteiger partial charge in [0.1, 0.15) is 16.3 Å². The van der Waals surface area contributed by atoms with E-state index in [1.54, 1.807) is 4.90 Å². The number of carbonyl (C=O) groups is 1. The van der Waals surface area contributed by atoms with Gasteiger partial charge < -0.3 is 14.5 Å². The SMILES string of the molecule is CC(C)(C)OC(=O)N1CCC(C2CC(Br)=NO2)CC1. The molecule has 6 heteroatoms. The molecule has 1 unspecified atom stereocenters. The van der Waals surface area contributed by atoms with Crippen molar-refractivity contribution in [1.29, 1.82) is 0 Å². The first-order chi connectivity index (χ1) is 8.85. The van der Waals surface area contributed by atoms with E-state index in [2.05, 4.69) is 21.1 Å². The van der Waals surface area contributed by atoms with Gasteiger partial charge in [-0.1, -0.05) is 5.16 Å². The monoisotopic (exact) mass is 332 g/mol. The lowest BCUT2D eigenvalue weighted by Crippen LogP contribution is -2.43. The first-order valence-corrected chi connectivity index (χ1v) is 7.50. The summed E-state index contributed by atoms with van der Waals surface area (Å²) in [6.45, 7) is 7.13. The number of piperidine rings is 1. The number of oxime groups is 1. The lowest BCUT2D eigenvalue weighted by molar-refractivity contribution is -0.00456. The first kappa shape index (κ1) is 14.6. The molecule has 108 valence electrons. The van der Waals surface area contributed by atoms with Gasteiger partial charge in [-0.05, 0) is 49.5 Å². The van der Waals surface area contributed by atoms with Gasteiger partial charge in [0.25, 0.3) is 0 Å². The molecule has 0 aromatic heterocycles. The van der Waals surface area contributed by atoms with Crippen molar-refractivity contribution in [2.45, 2.75) is 51.7 Å². The van der Waals surface area contributed by atoms with E-state index in [9.17, 15) is 4.79 Å². The molecule has 1 atom stereocenters. The van der Waals surface area contributed by atoms with E-state index in [0.29, 0.717) is 5.92 Å². The molecule has 0 bridgehead atoms. The van der Waals surface area contributed by atoms with Crippen LogP contribution in [-0.2, 0) is 9.57 Å². The highest BCUT2D eigenvalue weighted by atomic mass is 79.9. The fourth-order valence-electron chi connectivity index (χ4n) is 2.40. The molecule has 0 spiro atoms. The minimum atomic E-state index is -0.429. The maximum absolute atomic E-state index is 11.9. The number of likely N-dealkylation sites (tertiary alicyclic amines) is 1. The molecule has 2 aliphatic rings. The number of hydrogen-bond donors (Lipinski definition) is 0. The quantitative estimate of drug-likeness (QED) is 0.741. The zero-order valence-corrected chi connectivity index (χ0v) is 13.3. The molecule has 5 nitrogen and oxygen atoms in total. The molecule has 0 N–H and O–H groups in total. The minimum absolute atomic E-state index is 0.162. The second-order valence-corrected chi connectivity index (χ2v) is 7.04. The van der Waals surface area contributed by atoms with Crippen LogP contribution in [-0.4, -0.2) is 40.4 Å². The van der Waals surface area contributed by atoms with Crippen LogP contribution in [0.4, 0.5) is 4.79 Å². The van der Waals surface area contributed by atoms with Crippen LogP contribution in [0, 0.1) is 5.92 Å². The highest BCUT2D eigenvalue weighted by Crippen LogP contribution is 2.29. The van der Waals surface area contributed by atoms with Gasteiger partial charge in [-0.15, -0.1) is 0 Å². The summed E-state index contributed by atoms with van der Waals surface area (Å²) in [5, 5.41) is 3.92. The van der Waals surface area contributed by atoms with Crippen LogP contribution >= 0.6 is 15.9 Å². The van der Waals surface area contributed by atoms with Crippen molar-refractivity contribution in [1.82, 2.24) is 4.90 Å². The molecule has 0 aromatic rings. The molecule has 1 amide bonds. The summed E-state index contributed by atoms with van der Waals surface area (Å²) in [4.78, 5) is 19.1. The number of ether oxygens (including phenoxy) is 1. The van der Waals surface area contributed by atoms with Crippen molar-refractivity contribution in [3.63, 3.8) is 0 Å². The Bertz CT molecular complexity index is 371. The summed E-state index contributed by atoms with van der Waals surface area (Å²) in [7, 11) is 0. The predicted molar refractivity (Wildman–Crippen MR) is 76.4 cm³/mol. The van der Waals surface area contributed by atoms with E-state index < -0.39 is 5.60 Å². The number of carbonyl (C=O) groups excluding carboxylic acids is 1. The second-order valence-electron chi connectivity index (χ2n) is 6.12. The Morgan fingerprint density at radius 2 is 2.05 bits per heavy atom. The maximum Gasteiger partial charge on any atom is 0.410 e. The first-order valence-electron chi connectivity index (χ1n) is 6.71. The molecule has 0 aliphatic carbocycles. The second kappa shape index (κ2) is 5.69. The predicted octanol–water partition coefficient (Wildman–Crippen LogP) is 3.13. The van der Waals surface area contributed by atoms with Crippen molar-refractivity contribution < 1.29 is 14.4 Å². The Morgan fingerprint density at radius 1 is 1.42 bits per heavy atom. The maximum atomic E-state index is 11.9. The molecule has 2 heterocycles. The Labute approximate surface area is 122 Å². The number of hydrogen-bond acceptors (Lipinski definition) is 4. The third kappa shape index (κ3) is 4.09. The Balaban J connectivity index is 1.78. The van der Waals surface area contributed by atoms with Crippen molar-refractivity contribution in [2.24, 2.45) is 11.1 Å². The van der Waals surface area contributed by atoms with E-state index in [0.717, 1.165) is 37.0 Å². The number of nitrogens with zero attached hydrogens (tertiary/aromatic N) is 2. The fourth-order valence-corrected chi connectivity index (χ4v) is 2.80. The summed E-state index contributed by atoms with van der Waals surface area (Å²) < 4.78 is 6.26. The molecule has 0 saturated carbocycles. The van der Waals surface area contributed by atoms with Gasteiger partial charge >= 0.3 is 6.09 Å². The molecular formula is C13H21BrN2O3. The topological polar surface area (TPSA) is 51.1 Å². The fraction of sp³-hybridized carbons (Fsp3) is 0.846. The summed E-state index contributed by atoms with van der Waals surface area (Å²) >= 11 is 3.35. The smallest absolute Gasteiger partial charge is 0.410 e. The Hall–Kier alpha value is -0.780. The molecule has 0 aromatic carbocycles. The normalized spacial score (nSPS) is 24.9. The van der Waals surface area contributed by atoms with Crippen LogP contribution < -0.4 is 0 Å². The van der Waals surface area contributed by atoms with E-state index in [-0.39, 0.29) is 12.2 Å². The van der Waals surface area contributed by atoms with Crippen molar-refractivity contribution in [3.8, 4) is 0 Å². The zero-order chi connectivity index (χ0) is 14.0. The largest absolute Gasteiger partial charge is 0.444 e. The third-order valence-corrected chi connectivity index (χ3v) is 3.84. The number of halogens is 1. The summed E-state index contributed by atoms with van der Waals surface area (Å²) in [6.07, 6.45) is 2.68. The van der Waals surface area contributed by atoms with Gasteiger partial charge in [0.2, 0.25) is 0 Å². The molecule has 1 saturated heterocycles. The van der Waals surface area contributed by atoms with Crippen molar-refractivity contribution in [3.05, 3.63) is 0 Å². The van der Waals surface area contributed by atoms with Crippen LogP contribution in [0.25, 0.3) is 0 Å². The van der Waals surface area contributed by atoms with Crippen LogP contribution in [0.5, 0.6) is 0 Å². The Kier molecular flexibility index (Phi) is 4.38. The van der Waals surface area contributed by atoms with E-state index in [1.165, 1.54) is 0 Å². The molecular weight excluding hydrogens is 312 g/mol. The van der Waals surface area contributed by atoms with Gasteiger partial charge in [-0.25, -0.2) is 4.79 Å². The van der Waals surface area contributed by atoms with Crippen LogP contribution in [0.1, 0.15) is 40.0 Å². The minimum Gasteiger partial charge on any atom is -0.444 e. The summed E-state index contributed by atoms with van der Waals surface area (Å²) in [5.74, 6) is 0.470. The lowest BCUT2D eigenvalue weighted by atomic mass is 9.90. The lowest BCUT2D eigenvalue weighted by Gasteiger charge is -2.34. The van der Waals surface area contributed by atoms with E-state index in [4.69, 9.17) is 9.57 Å². The van der Waals surface area contributed by atoms with Gasteiger partial charge in [0.15, 0.2) is 0 Å². The number of amides is 1. The number of rotatable bonds is 1. The highest BCUT2D eigenvalue weighted by molar-refractivity contribution is 9.18. The molecule has 2 aliphatic heterocycles. The van der Waals surface area contributed by atoms with Gasteiger partial charge in [-0.2, -0.15) is 0 Å². The third-order valence-electron chi connectivity index (χ3n) is 3.37. The Morgan fingerprint density at radius 3 is 2.53 bits per heavy atom. The molecule has 2 rings (SSSR count). The summed E-state index contributed by atoms with van der Waals surface area (Å²) in [5.41, 5.74) is -0.429. The summed E-state index contributed by atoms with van der Waals surface area (Å²) in [6, 6.07) is 0. The molecule has 0 radical (unpaired) electrons. The van der Waals surface area contributed by atoms with Crippen molar-refractivity contribution in [2.75, 3.05) is 13.1 Å². The molecule has 1 fully saturated rings. The standard InChI is InChI=1S/C13H21BrN2O3/c1-13(2,3)18-12(17)16-6-4-9(5-7-16)10-8-11(14)15-19-10/h9-10H,4-8H2,1-3H3. The van der Waals surface area contributed by atoms with Crippen LogP contribution in [0.2, 0.25) is 0 Å². The van der Waals surface area contributed by atoms with Gasteiger partial charge in [-0.3, -0.25) is 0 Å². The van der Waals surface area contributed by atoms with Crippen molar-refractivity contribution >= 4 is 26.6 Å². The zero-order valence-electron chi connectivity index (χ0n) is 11.7. The highest BCUT2D eigenvalue weighted by Gasteiger charge is 2.34. The van der Waals surface area contributed by atoms with Crippen LogP contribution in [0.15, 0.2) is 5.16 Å². The van der Waals surface area contributed by atoms with Gasteiger partial charge in [0, 0.05) is 25.4 Å². The van der Waals surface area contributed by atoms with E-state index in [1.807, 2.05) is 20.8 Å². The molecule has 19 heavy (non-hydrogen) atoms.